The molecule has 0 aliphatic heterocycles. The van der Waals surface area contributed by atoms with Crippen LogP contribution in [0.15, 0.2) is 24.3 Å². The van der Waals surface area contributed by atoms with E-state index in [2.05, 4.69) is 23.6 Å². The fraction of sp³-hybridized carbons (Fsp3) is 0.818. The normalized spacial score (nSPS) is 12.8. The molecule has 276 valence electrons. The van der Waals surface area contributed by atoms with Crippen molar-refractivity contribution in [2.75, 3.05) is 119 Å². The van der Waals surface area contributed by atoms with Crippen LogP contribution >= 0.6 is 7.82 Å². The van der Waals surface area contributed by atoms with Gasteiger partial charge in [-0.1, -0.05) is 63.6 Å². The molecule has 13 nitrogen and oxygen atoms in total. The molecule has 1 rings (SSSR count). The lowest BCUT2D eigenvalue weighted by molar-refractivity contribution is -0.220. The van der Waals surface area contributed by atoms with E-state index in [9.17, 15) is 9.46 Å². The smallest absolute Gasteiger partial charge is 0.265 e. The van der Waals surface area contributed by atoms with Gasteiger partial charge in [-0.15, -0.1) is 0 Å². The lowest BCUT2D eigenvalue weighted by atomic mass is 10.0. The topological polar surface area (TPSA) is 153 Å². The molecule has 14 heteroatoms. The number of ether oxygens (including phenoxy) is 9. The third-order valence-corrected chi connectivity index (χ3v) is 7.10. The highest BCUT2D eigenvalue weighted by molar-refractivity contribution is 7.44. The number of benzene rings is 1. The van der Waals surface area contributed by atoms with Crippen LogP contribution in [-0.4, -0.2) is 124 Å². The van der Waals surface area contributed by atoms with Gasteiger partial charge in [0.1, 0.15) is 12.4 Å². The highest BCUT2D eigenvalue weighted by Crippen LogP contribution is 2.29. The molecule has 0 heterocycles. The monoisotopic (exact) mass is 695 g/mol. The van der Waals surface area contributed by atoms with Crippen molar-refractivity contribution in [3.8, 4) is 5.75 Å². The number of para-hydroxylation sites is 1. The minimum Gasteiger partial charge on any atom is -0.756 e. The van der Waals surface area contributed by atoms with Crippen LogP contribution in [0.5, 0.6) is 5.75 Å². The summed E-state index contributed by atoms with van der Waals surface area (Å²) in [5.74, 6) is 0.964. The fourth-order valence-corrected chi connectivity index (χ4v) is 4.49. The largest absolute Gasteiger partial charge is 0.756 e. The van der Waals surface area contributed by atoms with E-state index in [1.54, 1.807) is 0 Å². The second kappa shape index (κ2) is 33.3. The van der Waals surface area contributed by atoms with Gasteiger partial charge in [0, 0.05) is 0 Å². The Morgan fingerprint density at radius 2 is 0.894 bits per heavy atom. The summed E-state index contributed by atoms with van der Waals surface area (Å²) >= 11 is 0. The minimum absolute atomic E-state index is 0.0413. The van der Waals surface area contributed by atoms with Crippen molar-refractivity contribution in [2.24, 2.45) is 0 Å². The molecule has 0 spiro atoms. The molecule has 0 aliphatic rings. The Morgan fingerprint density at radius 3 is 1.32 bits per heavy atom. The van der Waals surface area contributed by atoms with Crippen molar-refractivity contribution < 1.29 is 61.5 Å². The molecule has 1 N–H and O–H groups in total. The summed E-state index contributed by atoms with van der Waals surface area (Å²) in [5, 5.41) is 0. The molecular formula is C33H60O13P-. The van der Waals surface area contributed by atoms with Crippen molar-refractivity contribution in [1.29, 1.82) is 0 Å². The summed E-state index contributed by atoms with van der Waals surface area (Å²) < 4.78 is 63.9. The van der Waals surface area contributed by atoms with Gasteiger partial charge in [-0.2, -0.15) is 0 Å². The van der Waals surface area contributed by atoms with Crippen molar-refractivity contribution in [2.45, 2.75) is 58.3 Å². The van der Waals surface area contributed by atoms with E-state index >= 15 is 0 Å². The maximum Gasteiger partial charge on any atom is 0.265 e. The van der Waals surface area contributed by atoms with Crippen molar-refractivity contribution in [3.63, 3.8) is 0 Å². The zero-order chi connectivity index (χ0) is 33.9. The quantitative estimate of drug-likeness (QED) is 0.0790. The Labute approximate surface area is 282 Å². The highest BCUT2D eigenvalue weighted by Gasteiger charge is 2.04. The molecule has 0 aromatic heterocycles. The van der Waals surface area contributed by atoms with E-state index in [0.29, 0.717) is 99.1 Å². The zero-order valence-corrected chi connectivity index (χ0v) is 29.4. The molecule has 0 bridgehead atoms. The first-order chi connectivity index (χ1) is 23.0. The lowest BCUT2D eigenvalue weighted by Crippen LogP contribution is -2.15. The van der Waals surface area contributed by atoms with Crippen LogP contribution in [0.4, 0.5) is 0 Å². The summed E-state index contributed by atoms with van der Waals surface area (Å²) in [7, 11) is -4.69. The van der Waals surface area contributed by atoms with Gasteiger partial charge in [0.25, 0.3) is 7.82 Å². The number of hydrogen-bond acceptors (Lipinski definition) is 12. The summed E-state index contributed by atoms with van der Waals surface area (Å²) in [4.78, 5) is 18.8. The summed E-state index contributed by atoms with van der Waals surface area (Å²) in [6.45, 7) is 9.41. The Morgan fingerprint density at radius 1 is 0.532 bits per heavy atom. The minimum atomic E-state index is -4.69. The van der Waals surface area contributed by atoms with Crippen LogP contribution in [0.2, 0.25) is 0 Å². The molecule has 1 aromatic carbocycles. The van der Waals surface area contributed by atoms with Gasteiger partial charge in [0.15, 0.2) is 0 Å². The third-order valence-electron chi connectivity index (χ3n) is 6.59. The summed E-state index contributed by atoms with van der Waals surface area (Å²) in [5.41, 5.74) is 1.28. The maximum atomic E-state index is 10.4. The van der Waals surface area contributed by atoms with Gasteiger partial charge in [-0.25, -0.2) is 0 Å². The van der Waals surface area contributed by atoms with Gasteiger partial charge in [-0.3, -0.25) is 4.57 Å². The Bertz CT molecular complexity index is 843. The standard InChI is InChI=1S/C33H61O13P/c1-2-3-4-5-6-7-8-11-32-12-9-10-13-33(32)45-30-28-43-26-24-41-22-20-39-18-16-37-14-15-38-17-19-40-21-23-42-25-27-44-29-31-46-47(34,35)36/h9-10,12-13H,2-8,11,14-31H2,1H3,(H2,34,35,36)/p-1. The average Bonchev–Trinajstić information content (AvgIpc) is 3.05. The number of phosphoric ester groups is 1. The Kier molecular flexibility index (Phi) is 31.1. The molecule has 0 fully saturated rings. The van der Waals surface area contributed by atoms with Gasteiger partial charge >= 0.3 is 0 Å². The number of rotatable bonds is 37. The van der Waals surface area contributed by atoms with Crippen LogP contribution in [0.1, 0.15) is 57.4 Å². The van der Waals surface area contributed by atoms with E-state index < -0.39 is 7.82 Å². The van der Waals surface area contributed by atoms with E-state index in [-0.39, 0.29) is 19.8 Å². The molecular weight excluding hydrogens is 635 g/mol. The van der Waals surface area contributed by atoms with Gasteiger partial charge in [-0.05, 0) is 24.5 Å². The SMILES string of the molecule is CCCCCCCCCc1ccccc1OCCOCCOCCOCCOCCOCCOCCOCCOCCOP(=O)([O-])O. The van der Waals surface area contributed by atoms with Crippen LogP contribution in [0.25, 0.3) is 0 Å². The van der Waals surface area contributed by atoms with Crippen LogP contribution < -0.4 is 9.63 Å². The fourth-order valence-electron chi connectivity index (χ4n) is 4.19. The molecule has 47 heavy (non-hydrogen) atoms. The molecule has 0 radical (unpaired) electrons. The average molecular weight is 696 g/mol. The van der Waals surface area contributed by atoms with E-state index in [1.165, 1.54) is 50.5 Å². The van der Waals surface area contributed by atoms with E-state index in [4.69, 9.17) is 47.5 Å². The first-order valence-corrected chi connectivity index (χ1v) is 18.5. The molecule has 0 saturated carbocycles. The predicted octanol–water partition coefficient (Wildman–Crippen LogP) is 3.97. The van der Waals surface area contributed by atoms with E-state index in [0.717, 1.165) is 12.2 Å². The molecule has 1 unspecified atom stereocenters. The van der Waals surface area contributed by atoms with Crippen LogP contribution in [-0.2, 0) is 53.4 Å². The summed E-state index contributed by atoms with van der Waals surface area (Å²) in [6, 6.07) is 8.30. The highest BCUT2D eigenvalue weighted by atomic mass is 31.2. The number of aryl methyl sites for hydroxylation is 1. The van der Waals surface area contributed by atoms with Gasteiger partial charge in [0.05, 0.1) is 112 Å². The predicted molar refractivity (Wildman–Crippen MR) is 176 cm³/mol. The second-order valence-electron chi connectivity index (χ2n) is 10.5. The van der Waals surface area contributed by atoms with Crippen LogP contribution in [0, 0.1) is 0 Å². The molecule has 1 atom stereocenters. The first-order valence-electron chi connectivity index (χ1n) is 17.0. The Hall–Kier alpha value is -1.19. The number of phosphoric acid groups is 1. The third kappa shape index (κ3) is 31.8. The molecule has 0 amide bonds. The summed E-state index contributed by atoms with van der Waals surface area (Å²) in [6.07, 6.45) is 10.2. The second-order valence-corrected chi connectivity index (χ2v) is 11.7. The zero-order valence-electron chi connectivity index (χ0n) is 28.5. The lowest BCUT2D eigenvalue weighted by Gasteiger charge is -2.15. The Balaban J connectivity index is 1.76. The first kappa shape index (κ1) is 43.8. The maximum absolute atomic E-state index is 10.4. The number of unbranched alkanes of at least 4 members (excludes halogenated alkanes) is 6. The molecule has 1 aromatic rings. The molecule has 0 saturated heterocycles. The van der Waals surface area contributed by atoms with Crippen molar-refractivity contribution >= 4 is 7.82 Å². The van der Waals surface area contributed by atoms with Crippen LogP contribution in [0.3, 0.4) is 0 Å². The van der Waals surface area contributed by atoms with E-state index in [1.807, 2.05) is 12.1 Å². The van der Waals surface area contributed by atoms with Gasteiger partial charge in [0.2, 0.25) is 0 Å². The van der Waals surface area contributed by atoms with Crippen molar-refractivity contribution in [3.05, 3.63) is 29.8 Å². The van der Waals surface area contributed by atoms with Crippen molar-refractivity contribution in [1.82, 2.24) is 0 Å². The van der Waals surface area contributed by atoms with Gasteiger partial charge < -0.3 is 56.9 Å². The molecule has 0 aliphatic carbocycles. The number of hydrogen-bond donors (Lipinski definition) is 1.